The Bertz CT molecular complexity index is 3650. The van der Waals surface area contributed by atoms with Gasteiger partial charge in [-0.1, -0.05) is 167 Å². The smallest absolute Gasteiger partial charge is 0.135 e. The van der Waals surface area contributed by atoms with E-state index >= 15 is 0 Å². The summed E-state index contributed by atoms with van der Waals surface area (Å²) in [4.78, 5) is 2.34. The van der Waals surface area contributed by atoms with E-state index in [4.69, 9.17) is 4.42 Å². The van der Waals surface area contributed by atoms with E-state index in [0.717, 1.165) is 50.1 Å². The maximum absolute atomic E-state index is 6.14. The standard InChI is InChI=1S/C66H49NO/c1-65(2)59-19-11-8-16-53(59)55-33-26-45(40-61(55)65)48-36-47(37-49(38-48)46-27-34-56-54-17-9-12-20-60(54)66(3,4)62(56)41-46)43-24-31-52(32-25-43)67(50-14-6-5-7-15-50)51-29-22-42(23-30-51)44-28-35-64-58(39-44)57-18-10-13-21-63(57)68-64/h5-41H,1-4H3. The Morgan fingerprint density at radius 2 is 0.676 bits per heavy atom. The predicted molar refractivity (Wildman–Crippen MR) is 285 cm³/mol. The lowest BCUT2D eigenvalue weighted by molar-refractivity contribution is 0.660. The second-order valence-corrected chi connectivity index (χ2v) is 19.7. The van der Waals surface area contributed by atoms with Crippen molar-refractivity contribution in [3.05, 3.63) is 247 Å². The first-order chi connectivity index (χ1) is 33.2. The molecular weight excluding hydrogens is 823 g/mol. The van der Waals surface area contributed by atoms with Crippen molar-refractivity contribution in [3.8, 4) is 66.8 Å². The molecule has 0 amide bonds. The molecule has 0 unspecified atom stereocenters. The predicted octanol–water partition coefficient (Wildman–Crippen LogP) is 18.3. The summed E-state index contributed by atoms with van der Waals surface area (Å²) in [7, 11) is 0. The minimum atomic E-state index is -0.0896. The van der Waals surface area contributed by atoms with Crippen molar-refractivity contribution in [2.45, 2.75) is 38.5 Å². The topological polar surface area (TPSA) is 16.4 Å². The van der Waals surface area contributed by atoms with Crippen LogP contribution >= 0.6 is 0 Å². The largest absolute Gasteiger partial charge is 0.456 e. The van der Waals surface area contributed by atoms with Gasteiger partial charge in [0.05, 0.1) is 0 Å². The molecule has 13 rings (SSSR count). The third-order valence-electron chi connectivity index (χ3n) is 15.1. The molecule has 0 atom stereocenters. The highest BCUT2D eigenvalue weighted by atomic mass is 16.3. The summed E-state index contributed by atoms with van der Waals surface area (Å²) in [5.41, 5.74) is 25.4. The molecule has 2 aliphatic rings. The van der Waals surface area contributed by atoms with Crippen molar-refractivity contribution >= 4 is 39.0 Å². The van der Waals surface area contributed by atoms with Crippen LogP contribution in [0.1, 0.15) is 49.9 Å². The van der Waals surface area contributed by atoms with Gasteiger partial charge < -0.3 is 9.32 Å². The van der Waals surface area contributed by atoms with E-state index < -0.39 is 0 Å². The molecule has 68 heavy (non-hydrogen) atoms. The van der Waals surface area contributed by atoms with E-state index in [0.29, 0.717) is 0 Å². The summed E-state index contributed by atoms with van der Waals surface area (Å²) < 4.78 is 6.14. The maximum atomic E-state index is 6.14. The number of anilines is 3. The molecule has 11 aromatic rings. The second kappa shape index (κ2) is 15.2. The van der Waals surface area contributed by atoms with Gasteiger partial charge in [-0.05, 0) is 174 Å². The highest BCUT2D eigenvalue weighted by Crippen LogP contribution is 2.52. The van der Waals surface area contributed by atoms with E-state index in [2.05, 4.69) is 245 Å². The van der Waals surface area contributed by atoms with Gasteiger partial charge in [-0.2, -0.15) is 0 Å². The minimum absolute atomic E-state index is 0.0896. The molecule has 2 heteroatoms. The minimum Gasteiger partial charge on any atom is -0.456 e. The lowest BCUT2D eigenvalue weighted by atomic mass is 9.81. The summed E-state index contributed by atoms with van der Waals surface area (Å²) in [5.74, 6) is 0. The zero-order chi connectivity index (χ0) is 45.7. The maximum Gasteiger partial charge on any atom is 0.135 e. The molecule has 2 aliphatic carbocycles. The SMILES string of the molecule is CC1(C)c2ccccc2-c2ccc(-c3cc(-c4ccc(N(c5ccccc5)c5ccc(-c6ccc7oc8ccccc8c7c6)cc5)cc4)cc(-c4ccc5c(c4)C(C)(C)c4ccccc4-5)c3)cc21. The zero-order valence-electron chi connectivity index (χ0n) is 38.7. The van der Waals surface area contributed by atoms with Crippen LogP contribution in [0.25, 0.3) is 88.7 Å². The third-order valence-corrected chi connectivity index (χ3v) is 15.1. The first-order valence-corrected chi connectivity index (χ1v) is 23.8. The van der Waals surface area contributed by atoms with Gasteiger partial charge in [0.2, 0.25) is 0 Å². The van der Waals surface area contributed by atoms with Crippen molar-refractivity contribution in [2.24, 2.45) is 0 Å². The molecule has 0 saturated heterocycles. The van der Waals surface area contributed by atoms with Crippen molar-refractivity contribution < 1.29 is 4.42 Å². The summed E-state index contributed by atoms with van der Waals surface area (Å²) in [6, 6.07) is 82.7. The van der Waals surface area contributed by atoms with Crippen LogP contribution in [0.3, 0.4) is 0 Å². The molecule has 2 nitrogen and oxygen atoms in total. The van der Waals surface area contributed by atoms with Crippen LogP contribution in [-0.4, -0.2) is 0 Å². The van der Waals surface area contributed by atoms with Crippen molar-refractivity contribution in [2.75, 3.05) is 4.90 Å². The molecule has 324 valence electrons. The second-order valence-electron chi connectivity index (χ2n) is 19.7. The fourth-order valence-electron chi connectivity index (χ4n) is 11.4. The van der Waals surface area contributed by atoms with Crippen LogP contribution in [0.5, 0.6) is 0 Å². The molecule has 1 heterocycles. The van der Waals surface area contributed by atoms with E-state index in [1.54, 1.807) is 0 Å². The number of rotatable bonds is 7. The van der Waals surface area contributed by atoms with Gasteiger partial charge >= 0.3 is 0 Å². The van der Waals surface area contributed by atoms with E-state index in [9.17, 15) is 0 Å². The first kappa shape index (κ1) is 40.1. The molecule has 0 aliphatic heterocycles. The Morgan fingerprint density at radius 3 is 1.25 bits per heavy atom. The average Bonchev–Trinajstić information content (AvgIpc) is 3.96. The van der Waals surface area contributed by atoms with Crippen LogP contribution in [0.2, 0.25) is 0 Å². The highest BCUT2D eigenvalue weighted by molar-refractivity contribution is 6.06. The van der Waals surface area contributed by atoms with Crippen LogP contribution in [-0.2, 0) is 10.8 Å². The first-order valence-electron chi connectivity index (χ1n) is 23.8. The fourth-order valence-corrected chi connectivity index (χ4v) is 11.4. The van der Waals surface area contributed by atoms with E-state index in [-0.39, 0.29) is 10.8 Å². The number of benzene rings is 10. The lowest BCUT2D eigenvalue weighted by Crippen LogP contribution is -2.15. The van der Waals surface area contributed by atoms with Crippen LogP contribution in [0.15, 0.2) is 229 Å². The monoisotopic (exact) mass is 871 g/mol. The average molecular weight is 872 g/mol. The lowest BCUT2D eigenvalue weighted by Gasteiger charge is -2.26. The molecule has 0 spiro atoms. The van der Waals surface area contributed by atoms with Gasteiger partial charge in [0.15, 0.2) is 0 Å². The quantitative estimate of drug-likeness (QED) is 0.159. The summed E-state index contributed by atoms with van der Waals surface area (Å²) in [5, 5.41) is 2.27. The number of nitrogens with zero attached hydrogens (tertiary/aromatic N) is 1. The van der Waals surface area contributed by atoms with Crippen molar-refractivity contribution in [3.63, 3.8) is 0 Å². The van der Waals surface area contributed by atoms with Gasteiger partial charge in [-0.25, -0.2) is 0 Å². The Kier molecular flexibility index (Phi) is 8.95. The molecular formula is C66H49NO. The zero-order valence-corrected chi connectivity index (χ0v) is 38.7. The molecule has 0 bridgehead atoms. The van der Waals surface area contributed by atoms with Crippen molar-refractivity contribution in [1.82, 2.24) is 0 Å². The number of fused-ring (bicyclic) bond motifs is 9. The highest BCUT2D eigenvalue weighted by Gasteiger charge is 2.36. The summed E-state index contributed by atoms with van der Waals surface area (Å²) in [6.45, 7) is 9.47. The Balaban J connectivity index is 0.895. The summed E-state index contributed by atoms with van der Waals surface area (Å²) in [6.07, 6.45) is 0. The Labute approximate surface area is 398 Å². The van der Waals surface area contributed by atoms with Gasteiger partial charge in [-0.15, -0.1) is 0 Å². The van der Waals surface area contributed by atoms with Crippen LogP contribution in [0.4, 0.5) is 17.1 Å². The van der Waals surface area contributed by atoms with Crippen LogP contribution < -0.4 is 4.90 Å². The molecule has 0 radical (unpaired) electrons. The fraction of sp³-hybridized carbons (Fsp3) is 0.0909. The number of para-hydroxylation sites is 2. The van der Waals surface area contributed by atoms with E-state index in [1.165, 1.54) is 77.9 Å². The molecule has 1 aromatic heterocycles. The Hall–Kier alpha value is -8.20. The Morgan fingerprint density at radius 1 is 0.279 bits per heavy atom. The normalized spacial score (nSPS) is 13.8. The van der Waals surface area contributed by atoms with Gasteiger partial charge in [0.1, 0.15) is 11.2 Å². The van der Waals surface area contributed by atoms with Crippen LogP contribution in [0, 0.1) is 0 Å². The summed E-state index contributed by atoms with van der Waals surface area (Å²) >= 11 is 0. The third kappa shape index (κ3) is 6.32. The molecule has 0 fully saturated rings. The number of hydrogen-bond donors (Lipinski definition) is 0. The van der Waals surface area contributed by atoms with Crippen molar-refractivity contribution in [1.29, 1.82) is 0 Å². The van der Waals surface area contributed by atoms with Gasteiger partial charge in [-0.3, -0.25) is 0 Å². The molecule has 0 N–H and O–H groups in total. The van der Waals surface area contributed by atoms with E-state index in [1.807, 2.05) is 12.1 Å². The molecule has 10 aromatic carbocycles. The van der Waals surface area contributed by atoms with Gasteiger partial charge in [0, 0.05) is 38.7 Å². The van der Waals surface area contributed by atoms with Gasteiger partial charge in [0.25, 0.3) is 0 Å². The number of furan rings is 1. The molecule has 0 saturated carbocycles. The number of hydrogen-bond acceptors (Lipinski definition) is 2.